The van der Waals surface area contributed by atoms with Crippen LogP contribution in [0.15, 0.2) is 140 Å². The van der Waals surface area contributed by atoms with Gasteiger partial charge in [-0.15, -0.1) is 0 Å². The zero-order chi connectivity index (χ0) is 42.9. The first-order valence-corrected chi connectivity index (χ1v) is 22.4. The highest BCUT2D eigenvalue weighted by atomic mass is 16.1. The molecule has 0 aromatic heterocycles. The lowest BCUT2D eigenvalue weighted by Crippen LogP contribution is -2.20. The molecule has 1 aliphatic carbocycles. The number of ketones is 2. The number of rotatable bonds is 26. The molecule has 2 nitrogen and oxygen atoms in total. The van der Waals surface area contributed by atoms with Crippen LogP contribution < -0.4 is 0 Å². The minimum atomic E-state index is -0.0231. The Morgan fingerprint density at radius 3 is 0.931 bits per heavy atom. The SMILES string of the molecule is CC(C)=CCC/C(C)=C/CC/C(C)=C/CC/C(C)=C/CC/C(C)=C/CCC(C)=CCC/C(C)=C\CC/C(C)=C\CC/C(C)=C\CC1=C(C)C(=O)c2ccccc2C1=O. The molecular weight excluding hydrogens is 705 g/mol. The van der Waals surface area contributed by atoms with Crippen molar-refractivity contribution >= 4 is 11.6 Å². The third-order valence-corrected chi connectivity index (χ3v) is 11.4. The van der Waals surface area contributed by atoms with Crippen LogP contribution in [-0.4, -0.2) is 11.6 Å². The number of allylic oxidation sites excluding steroid dienone is 20. The van der Waals surface area contributed by atoms with E-state index in [1.165, 1.54) is 69.4 Å². The van der Waals surface area contributed by atoms with E-state index < -0.39 is 0 Å². The molecule has 1 aliphatic rings. The first kappa shape index (κ1) is 50.1. The van der Waals surface area contributed by atoms with Crippen LogP contribution in [0.5, 0.6) is 0 Å². The Bertz CT molecular complexity index is 1810. The zero-order valence-electron chi connectivity index (χ0n) is 38.8. The predicted octanol–water partition coefficient (Wildman–Crippen LogP) is 17.6. The van der Waals surface area contributed by atoms with Crippen molar-refractivity contribution in [3.8, 4) is 0 Å². The number of hydrogen-bond donors (Lipinski definition) is 0. The molecule has 0 aliphatic heterocycles. The maximum absolute atomic E-state index is 13.0. The highest BCUT2D eigenvalue weighted by molar-refractivity contribution is 6.26. The predicted molar refractivity (Wildman–Crippen MR) is 256 cm³/mol. The maximum Gasteiger partial charge on any atom is 0.190 e. The van der Waals surface area contributed by atoms with Gasteiger partial charge in [-0.05, 0) is 185 Å². The molecule has 0 amide bonds. The van der Waals surface area contributed by atoms with Crippen molar-refractivity contribution < 1.29 is 9.59 Å². The van der Waals surface area contributed by atoms with E-state index in [0.29, 0.717) is 28.7 Å². The number of fused-ring (bicyclic) bond motifs is 1. The van der Waals surface area contributed by atoms with Gasteiger partial charge in [0.25, 0.3) is 0 Å². The standard InChI is InChI=1S/C56H80O2/c1-42(2)22-14-23-43(3)24-15-25-44(4)26-16-27-45(5)28-17-29-46(6)30-18-31-47(7)32-19-33-48(8)34-20-35-49(9)36-21-37-50(10)40-41-52-51(11)55(57)53-38-12-13-39-54(53)56(52)58/h12-13,22,24,26,28,30,32,34,36,38-40H,14-21,23,25,27,29,31,33,35,37,41H2,1-11H3/b43-24+,44-26+,45-28+,46-30+,47-32?,48-34-,49-36-,50-40-. The lowest BCUT2D eigenvalue weighted by molar-refractivity contribution is 0.0973. The fraction of sp³-hybridized carbons (Fsp3) is 0.500. The molecule has 1 aromatic rings. The lowest BCUT2D eigenvalue weighted by Gasteiger charge is -2.18. The third kappa shape index (κ3) is 21.1. The Morgan fingerprint density at radius 2 is 0.638 bits per heavy atom. The molecule has 0 saturated heterocycles. The van der Waals surface area contributed by atoms with Crippen LogP contribution in [0, 0.1) is 0 Å². The van der Waals surface area contributed by atoms with Crippen LogP contribution in [0.1, 0.15) is 206 Å². The van der Waals surface area contributed by atoms with Gasteiger partial charge in [0.2, 0.25) is 0 Å². The second-order valence-corrected chi connectivity index (χ2v) is 17.5. The zero-order valence-corrected chi connectivity index (χ0v) is 38.8. The molecule has 0 saturated carbocycles. The minimum Gasteiger partial charge on any atom is -0.289 e. The van der Waals surface area contributed by atoms with Crippen molar-refractivity contribution in [3.63, 3.8) is 0 Å². The van der Waals surface area contributed by atoms with Crippen molar-refractivity contribution in [2.45, 2.75) is 185 Å². The summed E-state index contributed by atoms with van der Waals surface area (Å²) in [5.74, 6) is -0.0318. The third-order valence-electron chi connectivity index (χ3n) is 11.4. The van der Waals surface area contributed by atoms with Gasteiger partial charge < -0.3 is 0 Å². The molecule has 0 radical (unpaired) electrons. The van der Waals surface area contributed by atoms with Crippen molar-refractivity contribution in [3.05, 3.63) is 151 Å². The van der Waals surface area contributed by atoms with E-state index in [1.54, 1.807) is 19.1 Å². The summed E-state index contributed by atoms with van der Waals surface area (Å²) in [6.45, 7) is 24.2. The summed E-state index contributed by atoms with van der Waals surface area (Å²) >= 11 is 0. The Morgan fingerprint density at radius 1 is 0.379 bits per heavy atom. The van der Waals surface area contributed by atoms with Gasteiger partial charge in [-0.2, -0.15) is 0 Å². The monoisotopic (exact) mass is 785 g/mol. The number of carbonyl (C=O) groups is 2. The molecule has 2 heteroatoms. The summed E-state index contributed by atoms with van der Waals surface area (Å²) in [6.07, 6.45) is 39.9. The van der Waals surface area contributed by atoms with E-state index in [0.717, 1.165) is 83.5 Å². The first-order valence-electron chi connectivity index (χ1n) is 22.4. The van der Waals surface area contributed by atoms with Crippen molar-refractivity contribution in [2.75, 3.05) is 0 Å². The van der Waals surface area contributed by atoms with Gasteiger partial charge in [0.15, 0.2) is 11.6 Å². The van der Waals surface area contributed by atoms with E-state index >= 15 is 0 Å². The quantitative estimate of drug-likeness (QED) is 0.0877. The minimum absolute atomic E-state index is 0.00864. The highest BCUT2D eigenvalue weighted by Gasteiger charge is 2.28. The van der Waals surface area contributed by atoms with Crippen LogP contribution in [0.4, 0.5) is 0 Å². The summed E-state index contributed by atoms with van der Waals surface area (Å²) in [4.78, 5) is 25.8. The van der Waals surface area contributed by atoms with Crippen molar-refractivity contribution in [1.29, 1.82) is 0 Å². The van der Waals surface area contributed by atoms with Crippen molar-refractivity contribution in [1.82, 2.24) is 0 Å². The fourth-order valence-corrected chi connectivity index (χ4v) is 7.30. The molecule has 1 aromatic carbocycles. The first-order chi connectivity index (χ1) is 27.7. The topological polar surface area (TPSA) is 34.1 Å². The van der Waals surface area contributed by atoms with Crippen LogP contribution in [0.25, 0.3) is 0 Å². The van der Waals surface area contributed by atoms with Crippen LogP contribution in [0.3, 0.4) is 0 Å². The second kappa shape index (κ2) is 28.4. The number of Topliss-reactive ketones (excluding diaryl/α,β-unsaturated/α-hetero) is 2. The van der Waals surface area contributed by atoms with E-state index in [2.05, 4.69) is 124 Å². The molecule has 2 rings (SSSR count). The second-order valence-electron chi connectivity index (χ2n) is 17.5. The van der Waals surface area contributed by atoms with E-state index in [4.69, 9.17) is 0 Å². The van der Waals surface area contributed by atoms with E-state index in [-0.39, 0.29) is 11.6 Å². The molecule has 316 valence electrons. The maximum atomic E-state index is 13.0. The molecule has 58 heavy (non-hydrogen) atoms. The molecule has 0 bridgehead atoms. The number of carbonyl (C=O) groups excluding carboxylic acids is 2. The summed E-state index contributed by atoms with van der Waals surface area (Å²) in [5.41, 5.74) is 15.4. The number of hydrogen-bond acceptors (Lipinski definition) is 2. The molecule has 0 N–H and O–H groups in total. The normalized spacial score (nSPS) is 15.4. The average Bonchev–Trinajstić information content (AvgIpc) is 3.17. The Balaban J connectivity index is 1.60. The van der Waals surface area contributed by atoms with E-state index in [9.17, 15) is 9.59 Å². The van der Waals surface area contributed by atoms with Crippen molar-refractivity contribution in [2.24, 2.45) is 0 Å². The van der Waals surface area contributed by atoms with Crippen LogP contribution in [-0.2, 0) is 0 Å². The molecule has 0 spiro atoms. The highest BCUT2D eigenvalue weighted by Crippen LogP contribution is 2.29. The molecule has 0 fully saturated rings. The number of benzene rings is 1. The van der Waals surface area contributed by atoms with E-state index in [1.807, 2.05) is 12.1 Å². The summed E-state index contributed by atoms with van der Waals surface area (Å²) in [6, 6.07) is 7.16. The smallest absolute Gasteiger partial charge is 0.190 e. The summed E-state index contributed by atoms with van der Waals surface area (Å²) < 4.78 is 0. The van der Waals surface area contributed by atoms with Gasteiger partial charge in [0, 0.05) is 22.3 Å². The summed E-state index contributed by atoms with van der Waals surface area (Å²) in [5, 5.41) is 0. The lowest BCUT2D eigenvalue weighted by atomic mass is 9.83. The van der Waals surface area contributed by atoms with Crippen LogP contribution >= 0.6 is 0 Å². The average molecular weight is 785 g/mol. The largest absolute Gasteiger partial charge is 0.289 e. The van der Waals surface area contributed by atoms with Gasteiger partial charge >= 0.3 is 0 Å². The Hall–Kier alpha value is -4.04. The van der Waals surface area contributed by atoms with Gasteiger partial charge in [-0.3, -0.25) is 9.59 Å². The van der Waals surface area contributed by atoms with Gasteiger partial charge in [0.1, 0.15) is 0 Å². The fourth-order valence-electron chi connectivity index (χ4n) is 7.30. The van der Waals surface area contributed by atoms with Gasteiger partial charge in [0.05, 0.1) is 0 Å². The molecule has 0 unspecified atom stereocenters. The molecular formula is C56H80O2. The molecule has 0 atom stereocenters. The molecule has 0 heterocycles. The summed E-state index contributed by atoms with van der Waals surface area (Å²) in [7, 11) is 0. The van der Waals surface area contributed by atoms with Crippen LogP contribution in [0.2, 0.25) is 0 Å². The Kier molecular flexibility index (Phi) is 24.5. The van der Waals surface area contributed by atoms with Gasteiger partial charge in [-0.25, -0.2) is 0 Å². The Labute approximate surface area is 356 Å². The van der Waals surface area contributed by atoms with Gasteiger partial charge in [-0.1, -0.05) is 129 Å².